The summed E-state index contributed by atoms with van der Waals surface area (Å²) in [5.74, 6) is -2.06. The van der Waals surface area contributed by atoms with E-state index in [-0.39, 0.29) is 11.5 Å². The van der Waals surface area contributed by atoms with E-state index in [1.54, 1.807) is 24.3 Å². The molecule has 6 nitrogen and oxygen atoms in total. The summed E-state index contributed by atoms with van der Waals surface area (Å²) < 4.78 is 30.5. The number of aliphatic hydroxyl groups is 2. The molecule has 0 spiro atoms. The number of hydrogen-bond acceptors (Lipinski definition) is 6. The van der Waals surface area contributed by atoms with Crippen LogP contribution in [0.25, 0.3) is 22.0 Å². The average Bonchev–Trinajstić information content (AvgIpc) is 2.77. The third-order valence-corrected chi connectivity index (χ3v) is 6.26. The zero-order chi connectivity index (χ0) is 23.7. The number of benzene rings is 2. The second-order valence-corrected chi connectivity index (χ2v) is 8.66. The lowest BCUT2D eigenvalue weighted by Gasteiger charge is -2.37. The predicted molar refractivity (Wildman–Crippen MR) is 120 cm³/mol. The molecule has 0 aliphatic carbocycles. The first kappa shape index (κ1) is 23.7. The van der Waals surface area contributed by atoms with E-state index < -0.39 is 31.2 Å². The number of aromatic nitrogens is 1. The Hall–Kier alpha value is -2.99. The van der Waals surface area contributed by atoms with Gasteiger partial charge in [0.1, 0.15) is 11.4 Å². The Labute approximate surface area is 186 Å². The second-order valence-electron chi connectivity index (χ2n) is 7.83. The maximum atomic E-state index is 13.7. The molecule has 0 aliphatic rings. The van der Waals surface area contributed by atoms with Crippen molar-refractivity contribution in [2.45, 2.75) is 37.6 Å². The Balaban J connectivity index is 2.51. The summed E-state index contributed by atoms with van der Waals surface area (Å²) >= 11 is 0. The molecule has 1 aromatic heterocycles. The molecule has 0 radical (unpaired) electrons. The fraction of sp³-hybridized carbons (Fsp3) is 0.250. The molecule has 3 rings (SSSR count). The maximum absolute atomic E-state index is 13.7. The van der Waals surface area contributed by atoms with Crippen molar-refractivity contribution in [3.8, 4) is 11.1 Å². The van der Waals surface area contributed by atoms with Gasteiger partial charge in [-0.15, -0.1) is 0 Å². The number of hydrogen-bond donors (Lipinski definition) is 2. The van der Waals surface area contributed by atoms with E-state index in [0.717, 1.165) is 6.26 Å². The molecule has 2 aromatic carbocycles. The number of rotatable bonds is 7. The summed E-state index contributed by atoms with van der Waals surface area (Å²) in [7, 11) is -1.08. The lowest BCUT2D eigenvalue weighted by molar-refractivity contribution is -0.171. The van der Waals surface area contributed by atoms with Crippen molar-refractivity contribution in [3.05, 3.63) is 78.4 Å². The van der Waals surface area contributed by atoms with Crippen molar-refractivity contribution < 1.29 is 28.7 Å². The number of nitrogens with zero attached hydrogens (tertiary/aromatic N) is 1. The molecule has 2 N–H and O–H groups in total. The number of fused-ring (bicyclic) bond motifs is 1. The minimum atomic E-state index is -2.87. The van der Waals surface area contributed by atoms with E-state index in [9.17, 15) is 24.0 Å². The van der Waals surface area contributed by atoms with Crippen LogP contribution < -0.4 is 0 Å². The molecule has 2 atom stereocenters. The minimum Gasteiger partial charge on any atom is -0.432 e. The summed E-state index contributed by atoms with van der Waals surface area (Å²) in [6.07, 6.45) is 0.775. The van der Waals surface area contributed by atoms with Crippen molar-refractivity contribution in [2.24, 2.45) is 0 Å². The van der Waals surface area contributed by atoms with Crippen molar-refractivity contribution >= 4 is 25.3 Å². The van der Waals surface area contributed by atoms with Crippen LogP contribution in [-0.2, 0) is 19.7 Å². The average molecular weight is 455 g/mol. The molecule has 0 bridgehead atoms. The van der Waals surface area contributed by atoms with Gasteiger partial charge in [-0.25, -0.2) is 9.18 Å². The fourth-order valence-electron chi connectivity index (χ4n) is 3.71. The second kappa shape index (κ2) is 8.87. The molecule has 0 aliphatic heterocycles. The third-order valence-electron chi connectivity index (χ3n) is 5.37. The highest BCUT2D eigenvalue weighted by atomic mass is 31.1. The molecule has 1 heterocycles. The molecule has 32 heavy (non-hydrogen) atoms. The summed E-state index contributed by atoms with van der Waals surface area (Å²) in [5.41, 5.74) is -0.406. The zero-order valence-electron chi connectivity index (χ0n) is 17.9. The van der Waals surface area contributed by atoms with Gasteiger partial charge in [0, 0.05) is 10.9 Å². The first-order valence-electron chi connectivity index (χ1n) is 9.88. The third kappa shape index (κ3) is 3.84. The van der Waals surface area contributed by atoms with Crippen LogP contribution in [0.15, 0.2) is 61.4 Å². The molecule has 166 valence electrons. The van der Waals surface area contributed by atoms with Crippen molar-refractivity contribution in [1.29, 1.82) is 0 Å². The van der Waals surface area contributed by atoms with Gasteiger partial charge in [0.25, 0.3) is 5.34 Å². The molecule has 0 saturated carbocycles. The van der Waals surface area contributed by atoms with Crippen LogP contribution >= 0.6 is 8.46 Å². The van der Waals surface area contributed by atoms with Crippen LogP contribution in [0.3, 0.4) is 0 Å². The van der Waals surface area contributed by atoms with E-state index in [1.807, 2.05) is 13.8 Å². The van der Waals surface area contributed by atoms with Gasteiger partial charge >= 0.3 is 5.97 Å². The van der Waals surface area contributed by atoms with Crippen LogP contribution in [0.4, 0.5) is 4.39 Å². The minimum absolute atomic E-state index is 0.0877. The Kier molecular flexibility index (Phi) is 6.56. The van der Waals surface area contributed by atoms with Gasteiger partial charge in [-0.3, -0.25) is 9.55 Å². The lowest BCUT2D eigenvalue weighted by Crippen LogP contribution is -2.52. The number of ether oxygens (including phenoxy) is 1. The van der Waals surface area contributed by atoms with Gasteiger partial charge in [-0.2, -0.15) is 0 Å². The molecule has 0 amide bonds. The fourth-order valence-corrected chi connectivity index (χ4v) is 4.13. The Morgan fingerprint density at radius 2 is 1.81 bits per heavy atom. The SMILES string of the molecule is C=COC(=O)C(O)(P=O)C(C)(O)c1c(C(C)C)nc2ccccc2c1-c1ccc(F)cc1. The first-order valence-corrected chi connectivity index (χ1v) is 10.7. The van der Waals surface area contributed by atoms with Crippen LogP contribution in [0.5, 0.6) is 0 Å². The van der Waals surface area contributed by atoms with Crippen LogP contribution in [0, 0.1) is 5.82 Å². The molecular formula is C24H23FNO5P. The van der Waals surface area contributed by atoms with E-state index in [2.05, 4.69) is 11.6 Å². The monoisotopic (exact) mass is 455 g/mol. The standard InChI is InChI=1S/C24H23FNO5P/c1-5-31-22(27)24(29,32-30)23(4,28)20-19(15-10-12-16(25)13-11-15)17-8-6-7-9-18(17)26-21(20)14(2)3/h5-14,28-29H,1H2,2-4H3. The lowest BCUT2D eigenvalue weighted by atomic mass is 9.79. The number of carbonyl (C=O) groups is 1. The molecular weight excluding hydrogens is 432 g/mol. The van der Waals surface area contributed by atoms with Gasteiger partial charge in [0.15, 0.2) is 0 Å². The number of halogens is 1. The van der Waals surface area contributed by atoms with Crippen molar-refractivity contribution in [1.82, 2.24) is 4.98 Å². The summed E-state index contributed by atoms with van der Waals surface area (Å²) in [6, 6.07) is 12.7. The molecule has 8 heteroatoms. The Morgan fingerprint density at radius 1 is 1.19 bits per heavy atom. The number of carbonyl (C=O) groups excluding carboxylic acids is 1. The molecule has 2 unspecified atom stereocenters. The highest BCUT2D eigenvalue weighted by Crippen LogP contribution is 2.48. The number of para-hydroxylation sites is 1. The largest absolute Gasteiger partial charge is 0.432 e. The van der Waals surface area contributed by atoms with Gasteiger partial charge in [-0.05, 0) is 42.2 Å². The van der Waals surface area contributed by atoms with Crippen LogP contribution in [0.1, 0.15) is 37.9 Å². The predicted octanol–water partition coefficient (Wildman–Crippen LogP) is 5.04. The van der Waals surface area contributed by atoms with Crippen molar-refractivity contribution in [3.63, 3.8) is 0 Å². The van der Waals surface area contributed by atoms with Crippen LogP contribution in [-0.4, -0.2) is 26.5 Å². The number of esters is 1. The highest BCUT2D eigenvalue weighted by molar-refractivity contribution is 7.27. The van der Waals surface area contributed by atoms with E-state index in [1.165, 1.54) is 31.2 Å². The van der Waals surface area contributed by atoms with Gasteiger partial charge in [-0.1, -0.05) is 50.8 Å². The molecule has 0 saturated heterocycles. The summed E-state index contributed by atoms with van der Waals surface area (Å²) in [4.78, 5) is 17.2. The van der Waals surface area contributed by atoms with Gasteiger partial charge in [0.05, 0.1) is 17.5 Å². The van der Waals surface area contributed by atoms with Crippen LogP contribution in [0.2, 0.25) is 0 Å². The smallest absolute Gasteiger partial charge is 0.358 e. The summed E-state index contributed by atoms with van der Waals surface area (Å²) in [6.45, 7) is 8.12. The van der Waals surface area contributed by atoms with Crippen molar-refractivity contribution in [2.75, 3.05) is 0 Å². The molecule has 0 fully saturated rings. The van der Waals surface area contributed by atoms with Gasteiger partial charge in [0.2, 0.25) is 8.46 Å². The van der Waals surface area contributed by atoms with Gasteiger partial charge < -0.3 is 14.9 Å². The Morgan fingerprint density at radius 3 is 2.38 bits per heavy atom. The normalized spacial score (nSPS) is 15.3. The Bertz CT molecular complexity index is 1190. The zero-order valence-corrected chi connectivity index (χ0v) is 18.8. The molecule has 3 aromatic rings. The maximum Gasteiger partial charge on any atom is 0.358 e. The summed E-state index contributed by atoms with van der Waals surface area (Å²) in [5, 5.41) is 20.5. The highest BCUT2D eigenvalue weighted by Gasteiger charge is 2.58. The van der Waals surface area contributed by atoms with E-state index in [0.29, 0.717) is 27.7 Å². The number of pyridine rings is 1. The van der Waals surface area contributed by atoms with E-state index >= 15 is 0 Å². The quantitative estimate of drug-likeness (QED) is 0.294. The topological polar surface area (TPSA) is 96.7 Å². The van der Waals surface area contributed by atoms with E-state index in [4.69, 9.17) is 4.74 Å². The first-order chi connectivity index (χ1) is 15.1.